The van der Waals surface area contributed by atoms with Gasteiger partial charge in [0.25, 0.3) is 0 Å². The zero-order valence-corrected chi connectivity index (χ0v) is 12.1. The molecule has 1 amide bonds. The molecule has 0 aromatic heterocycles. The fraction of sp³-hybridized carbons (Fsp3) is 0.533. The highest BCUT2D eigenvalue weighted by atomic mass is 16.5. The number of amides is 1. The normalized spacial score (nSPS) is 18.4. The lowest BCUT2D eigenvalue weighted by atomic mass is 10.0. The van der Waals surface area contributed by atoms with E-state index in [9.17, 15) is 4.79 Å². The van der Waals surface area contributed by atoms with Crippen LogP contribution in [0.25, 0.3) is 0 Å². The molecule has 1 saturated heterocycles. The van der Waals surface area contributed by atoms with Crippen LogP contribution >= 0.6 is 0 Å². The van der Waals surface area contributed by atoms with E-state index in [1.54, 1.807) is 7.11 Å². The molecule has 0 spiro atoms. The van der Waals surface area contributed by atoms with Crippen LogP contribution in [0.15, 0.2) is 18.2 Å². The molecule has 1 aromatic rings. The van der Waals surface area contributed by atoms with E-state index in [1.807, 2.05) is 18.2 Å². The summed E-state index contributed by atoms with van der Waals surface area (Å²) in [5.41, 5.74) is 1.67. The Hall–Kier alpha value is -1.75. The summed E-state index contributed by atoms with van der Waals surface area (Å²) in [5, 5.41) is 6.14. The Morgan fingerprint density at radius 2 is 2.35 bits per heavy atom. The number of anilines is 2. The molecule has 0 aliphatic carbocycles. The number of carbonyl (C=O) groups excluding carboxylic acids is 1. The van der Waals surface area contributed by atoms with Gasteiger partial charge in [0.1, 0.15) is 5.75 Å². The summed E-state index contributed by atoms with van der Waals surface area (Å²) in [6, 6.07) is 5.69. The smallest absolute Gasteiger partial charge is 0.221 e. The molecule has 2 rings (SSSR count). The van der Waals surface area contributed by atoms with Crippen molar-refractivity contribution >= 4 is 17.3 Å². The summed E-state index contributed by atoms with van der Waals surface area (Å²) in [5.74, 6) is 1.11. The zero-order valence-electron chi connectivity index (χ0n) is 12.1. The Kier molecular flexibility index (Phi) is 5.24. The molecule has 1 atom stereocenters. The number of carbonyl (C=O) groups is 1. The molecule has 20 heavy (non-hydrogen) atoms. The molecule has 2 N–H and O–H groups in total. The van der Waals surface area contributed by atoms with Crippen molar-refractivity contribution in [1.29, 1.82) is 0 Å². The lowest BCUT2D eigenvalue weighted by Gasteiger charge is -2.23. The average Bonchev–Trinajstić information content (AvgIpc) is 2.46. The first-order chi connectivity index (χ1) is 9.69. The van der Waals surface area contributed by atoms with Crippen molar-refractivity contribution in [1.82, 2.24) is 0 Å². The van der Waals surface area contributed by atoms with Gasteiger partial charge in [0.15, 0.2) is 0 Å². The van der Waals surface area contributed by atoms with E-state index < -0.39 is 0 Å². The van der Waals surface area contributed by atoms with Crippen molar-refractivity contribution in [3.63, 3.8) is 0 Å². The third kappa shape index (κ3) is 4.13. The summed E-state index contributed by atoms with van der Waals surface area (Å²) in [7, 11) is 1.60. The van der Waals surface area contributed by atoms with Crippen molar-refractivity contribution < 1.29 is 14.3 Å². The Morgan fingerprint density at radius 3 is 3.00 bits per heavy atom. The van der Waals surface area contributed by atoms with E-state index >= 15 is 0 Å². The van der Waals surface area contributed by atoms with Crippen molar-refractivity contribution in [3.05, 3.63) is 18.2 Å². The molecular weight excluding hydrogens is 256 g/mol. The Bertz CT molecular complexity index is 456. The highest BCUT2D eigenvalue weighted by molar-refractivity contribution is 5.90. The third-order valence-corrected chi connectivity index (χ3v) is 3.36. The van der Waals surface area contributed by atoms with Crippen LogP contribution < -0.4 is 15.4 Å². The van der Waals surface area contributed by atoms with Gasteiger partial charge in [-0.2, -0.15) is 0 Å². The molecule has 1 unspecified atom stereocenters. The number of rotatable bonds is 5. The maximum absolute atomic E-state index is 11.1. The van der Waals surface area contributed by atoms with E-state index in [1.165, 1.54) is 13.3 Å². The van der Waals surface area contributed by atoms with Crippen LogP contribution in [0.1, 0.15) is 19.8 Å². The molecular formula is C15H22N2O3. The van der Waals surface area contributed by atoms with E-state index in [2.05, 4.69) is 10.6 Å². The number of hydrogen-bond acceptors (Lipinski definition) is 4. The van der Waals surface area contributed by atoms with Gasteiger partial charge in [0, 0.05) is 31.8 Å². The zero-order chi connectivity index (χ0) is 14.4. The number of ether oxygens (including phenoxy) is 2. The van der Waals surface area contributed by atoms with E-state index in [4.69, 9.17) is 9.47 Å². The second kappa shape index (κ2) is 7.14. The second-order valence-corrected chi connectivity index (χ2v) is 5.06. The standard InChI is InChI=1S/C15H22N2O3/c1-11(18)17-14-6-5-13(8-15(14)19-2)16-9-12-4-3-7-20-10-12/h5-6,8,12,16H,3-4,7,9-10H2,1-2H3,(H,17,18). The largest absolute Gasteiger partial charge is 0.494 e. The minimum absolute atomic E-state index is 0.108. The summed E-state index contributed by atoms with van der Waals surface area (Å²) in [4.78, 5) is 11.1. The van der Waals surface area contributed by atoms with Gasteiger partial charge in [-0.25, -0.2) is 0 Å². The van der Waals surface area contributed by atoms with Gasteiger partial charge in [-0.05, 0) is 30.9 Å². The Balaban J connectivity index is 1.96. The Morgan fingerprint density at radius 1 is 1.50 bits per heavy atom. The molecule has 0 bridgehead atoms. The van der Waals surface area contributed by atoms with Gasteiger partial charge in [-0.15, -0.1) is 0 Å². The number of nitrogens with one attached hydrogen (secondary N) is 2. The maximum Gasteiger partial charge on any atom is 0.221 e. The van der Waals surface area contributed by atoms with E-state index in [-0.39, 0.29) is 5.91 Å². The van der Waals surface area contributed by atoms with Gasteiger partial charge >= 0.3 is 0 Å². The van der Waals surface area contributed by atoms with Crippen LogP contribution in [0.3, 0.4) is 0 Å². The fourth-order valence-corrected chi connectivity index (χ4v) is 2.32. The van der Waals surface area contributed by atoms with Crippen molar-refractivity contribution in [2.75, 3.05) is 37.5 Å². The van der Waals surface area contributed by atoms with Crippen LogP contribution in [0.2, 0.25) is 0 Å². The number of benzene rings is 1. The summed E-state index contributed by atoms with van der Waals surface area (Å²) < 4.78 is 10.8. The highest BCUT2D eigenvalue weighted by Crippen LogP contribution is 2.28. The highest BCUT2D eigenvalue weighted by Gasteiger charge is 2.13. The van der Waals surface area contributed by atoms with Crippen LogP contribution in [0, 0.1) is 5.92 Å². The van der Waals surface area contributed by atoms with E-state index in [0.29, 0.717) is 17.4 Å². The third-order valence-electron chi connectivity index (χ3n) is 3.36. The molecule has 0 radical (unpaired) electrons. The second-order valence-electron chi connectivity index (χ2n) is 5.06. The molecule has 5 nitrogen and oxygen atoms in total. The van der Waals surface area contributed by atoms with Gasteiger partial charge in [-0.3, -0.25) is 4.79 Å². The molecule has 0 saturated carbocycles. The molecule has 110 valence electrons. The fourth-order valence-electron chi connectivity index (χ4n) is 2.32. The van der Waals surface area contributed by atoms with Gasteiger partial charge in [-0.1, -0.05) is 0 Å². The molecule has 1 aliphatic rings. The monoisotopic (exact) mass is 278 g/mol. The summed E-state index contributed by atoms with van der Waals surface area (Å²) in [6.45, 7) is 4.08. The maximum atomic E-state index is 11.1. The molecule has 1 aromatic carbocycles. The van der Waals surface area contributed by atoms with Crippen molar-refractivity contribution in [3.8, 4) is 5.75 Å². The van der Waals surface area contributed by atoms with Crippen molar-refractivity contribution in [2.45, 2.75) is 19.8 Å². The van der Waals surface area contributed by atoms with E-state index in [0.717, 1.165) is 31.9 Å². The molecule has 1 fully saturated rings. The van der Waals surface area contributed by atoms with Gasteiger partial charge in [0.2, 0.25) is 5.91 Å². The minimum atomic E-state index is -0.108. The predicted molar refractivity (Wildman–Crippen MR) is 79.3 cm³/mol. The van der Waals surface area contributed by atoms with Crippen LogP contribution in [0.4, 0.5) is 11.4 Å². The first-order valence-electron chi connectivity index (χ1n) is 6.96. The quantitative estimate of drug-likeness (QED) is 0.868. The summed E-state index contributed by atoms with van der Waals surface area (Å²) in [6.07, 6.45) is 2.34. The first kappa shape index (κ1) is 14.7. The molecule has 1 aliphatic heterocycles. The number of methoxy groups -OCH3 is 1. The number of hydrogen-bond donors (Lipinski definition) is 2. The SMILES string of the molecule is COc1cc(NCC2CCCOC2)ccc1NC(C)=O. The average molecular weight is 278 g/mol. The lowest BCUT2D eigenvalue weighted by molar-refractivity contribution is -0.114. The lowest BCUT2D eigenvalue weighted by Crippen LogP contribution is -2.24. The van der Waals surface area contributed by atoms with Gasteiger partial charge < -0.3 is 20.1 Å². The topological polar surface area (TPSA) is 59.6 Å². The molecule has 5 heteroatoms. The summed E-state index contributed by atoms with van der Waals surface area (Å²) >= 11 is 0. The van der Waals surface area contributed by atoms with Crippen LogP contribution in [-0.4, -0.2) is 32.8 Å². The van der Waals surface area contributed by atoms with Gasteiger partial charge in [0.05, 0.1) is 19.4 Å². The first-order valence-corrected chi connectivity index (χ1v) is 6.96. The molecule has 1 heterocycles. The predicted octanol–water partition coefficient (Wildman–Crippen LogP) is 2.49. The van der Waals surface area contributed by atoms with Crippen molar-refractivity contribution in [2.24, 2.45) is 5.92 Å². The van der Waals surface area contributed by atoms with Crippen LogP contribution in [0.5, 0.6) is 5.75 Å². The Labute approximate surface area is 119 Å². The minimum Gasteiger partial charge on any atom is -0.494 e. The van der Waals surface area contributed by atoms with Crippen LogP contribution in [-0.2, 0) is 9.53 Å².